The van der Waals surface area contributed by atoms with E-state index in [1.807, 2.05) is 26.0 Å². The number of allylic oxidation sites excluding steroid dienone is 2. The molecule has 0 aliphatic heterocycles. The third-order valence-electron chi connectivity index (χ3n) is 1.34. The van der Waals surface area contributed by atoms with Gasteiger partial charge in [-0.1, -0.05) is 13.8 Å². The van der Waals surface area contributed by atoms with Gasteiger partial charge in [-0.3, -0.25) is 0 Å². The summed E-state index contributed by atoms with van der Waals surface area (Å²) < 4.78 is 0. The van der Waals surface area contributed by atoms with Gasteiger partial charge in [-0.15, -0.1) is 0 Å². The molecule has 0 aromatic heterocycles. The second-order valence-electron chi connectivity index (χ2n) is 2.42. The Morgan fingerprint density at radius 1 is 1.27 bits per heavy atom. The van der Waals surface area contributed by atoms with Crippen LogP contribution in [-0.2, 0) is 0 Å². The monoisotopic (exact) mass is 149 g/mol. The fourth-order valence-corrected chi connectivity index (χ4v) is 0.848. The van der Waals surface area contributed by atoms with Crippen LogP contribution in [0.15, 0.2) is 11.3 Å². The van der Waals surface area contributed by atoms with E-state index in [9.17, 15) is 0 Å². The molecule has 0 saturated carbocycles. The van der Waals surface area contributed by atoms with Gasteiger partial charge in [0.15, 0.2) is 0 Å². The number of nitrogens with zero attached hydrogens (tertiary/aromatic N) is 2. The lowest BCUT2D eigenvalue weighted by Gasteiger charge is -2.09. The predicted molar refractivity (Wildman–Crippen MR) is 42.1 cm³/mol. The number of nitrogens with one attached hydrogen (secondary N) is 1. The largest absolute Gasteiger partial charge is 0.390 e. The second-order valence-corrected chi connectivity index (χ2v) is 2.42. The summed E-state index contributed by atoms with van der Waals surface area (Å²) >= 11 is 0. The standard InChI is InChI=1S/C8H11N3/c1-6(2)8(11-3)7(4-9)5-10/h6,11H,1-3H3. The van der Waals surface area contributed by atoms with Crippen molar-refractivity contribution in [1.82, 2.24) is 5.32 Å². The summed E-state index contributed by atoms with van der Waals surface area (Å²) in [5, 5.41) is 19.9. The molecule has 0 aromatic rings. The van der Waals surface area contributed by atoms with Crippen LogP contribution in [0.25, 0.3) is 0 Å². The van der Waals surface area contributed by atoms with Gasteiger partial charge in [0.2, 0.25) is 0 Å². The third kappa shape index (κ3) is 2.31. The lowest BCUT2D eigenvalue weighted by molar-refractivity contribution is 0.695. The van der Waals surface area contributed by atoms with Gasteiger partial charge in [-0.05, 0) is 5.92 Å². The van der Waals surface area contributed by atoms with E-state index in [1.165, 1.54) is 0 Å². The quantitative estimate of drug-likeness (QED) is 0.599. The number of hydrogen-bond donors (Lipinski definition) is 1. The average Bonchev–Trinajstić information content (AvgIpc) is 1.99. The molecule has 1 N–H and O–H groups in total. The summed E-state index contributed by atoms with van der Waals surface area (Å²) in [6.07, 6.45) is 0. The van der Waals surface area contributed by atoms with Gasteiger partial charge in [0.25, 0.3) is 0 Å². The molecule has 0 radical (unpaired) electrons. The highest BCUT2D eigenvalue weighted by Crippen LogP contribution is 2.09. The van der Waals surface area contributed by atoms with Crippen molar-refractivity contribution in [2.24, 2.45) is 5.92 Å². The summed E-state index contributed by atoms with van der Waals surface area (Å²) in [6, 6.07) is 3.68. The van der Waals surface area contributed by atoms with Crippen molar-refractivity contribution in [3.8, 4) is 12.1 Å². The Morgan fingerprint density at radius 2 is 1.73 bits per heavy atom. The Labute approximate surface area is 66.9 Å². The van der Waals surface area contributed by atoms with Crippen LogP contribution >= 0.6 is 0 Å². The Morgan fingerprint density at radius 3 is 1.82 bits per heavy atom. The van der Waals surface area contributed by atoms with Gasteiger partial charge in [-0.2, -0.15) is 10.5 Å². The van der Waals surface area contributed by atoms with Crippen LogP contribution in [0.5, 0.6) is 0 Å². The smallest absolute Gasteiger partial charge is 0.148 e. The van der Waals surface area contributed by atoms with Gasteiger partial charge in [0.1, 0.15) is 17.7 Å². The molecule has 0 unspecified atom stereocenters. The second kappa shape index (κ2) is 4.35. The first-order valence-electron chi connectivity index (χ1n) is 3.39. The first-order chi connectivity index (χ1) is 5.17. The zero-order chi connectivity index (χ0) is 8.85. The number of rotatable bonds is 2. The minimum Gasteiger partial charge on any atom is -0.390 e. The molecule has 3 nitrogen and oxygen atoms in total. The first-order valence-corrected chi connectivity index (χ1v) is 3.39. The van der Waals surface area contributed by atoms with Crippen molar-refractivity contribution in [3.05, 3.63) is 11.3 Å². The highest BCUT2D eigenvalue weighted by atomic mass is 14.8. The number of nitriles is 2. The number of hydrogen-bond acceptors (Lipinski definition) is 3. The molecule has 0 saturated heterocycles. The Hall–Kier alpha value is -1.48. The van der Waals surface area contributed by atoms with Crippen LogP contribution in [0.1, 0.15) is 13.8 Å². The van der Waals surface area contributed by atoms with E-state index < -0.39 is 0 Å². The van der Waals surface area contributed by atoms with E-state index in [1.54, 1.807) is 7.05 Å². The van der Waals surface area contributed by atoms with E-state index in [0.29, 0.717) is 5.70 Å². The lowest BCUT2D eigenvalue weighted by atomic mass is 10.1. The highest BCUT2D eigenvalue weighted by Gasteiger charge is 2.07. The van der Waals surface area contributed by atoms with Crippen molar-refractivity contribution < 1.29 is 0 Å². The molecule has 0 aliphatic rings. The summed E-state index contributed by atoms with van der Waals surface area (Å²) in [5.74, 6) is 0.189. The molecule has 11 heavy (non-hydrogen) atoms. The van der Waals surface area contributed by atoms with Crippen LogP contribution in [0.3, 0.4) is 0 Å². The Balaban J connectivity index is 4.86. The van der Waals surface area contributed by atoms with Crippen LogP contribution in [-0.4, -0.2) is 7.05 Å². The predicted octanol–water partition coefficient (Wildman–Crippen LogP) is 1.16. The van der Waals surface area contributed by atoms with Gasteiger partial charge < -0.3 is 5.32 Å². The van der Waals surface area contributed by atoms with Crippen molar-refractivity contribution >= 4 is 0 Å². The van der Waals surface area contributed by atoms with E-state index in [-0.39, 0.29) is 11.5 Å². The fourth-order valence-electron chi connectivity index (χ4n) is 0.848. The minimum absolute atomic E-state index is 0.169. The summed E-state index contributed by atoms with van der Waals surface area (Å²) in [5.41, 5.74) is 0.873. The zero-order valence-electron chi connectivity index (χ0n) is 6.97. The van der Waals surface area contributed by atoms with Gasteiger partial charge in [-0.25, -0.2) is 0 Å². The molecule has 0 spiro atoms. The molecule has 0 aliphatic carbocycles. The normalized spacial score (nSPS) is 8.18. The minimum atomic E-state index is 0.169. The molecule has 0 rings (SSSR count). The molecule has 3 heteroatoms. The van der Waals surface area contributed by atoms with Gasteiger partial charge in [0, 0.05) is 12.7 Å². The molecule has 0 amide bonds. The van der Waals surface area contributed by atoms with Gasteiger partial charge in [0.05, 0.1) is 0 Å². The first kappa shape index (κ1) is 9.52. The van der Waals surface area contributed by atoms with Crippen molar-refractivity contribution in [2.45, 2.75) is 13.8 Å². The summed E-state index contributed by atoms with van der Waals surface area (Å²) in [4.78, 5) is 0. The fraction of sp³-hybridized carbons (Fsp3) is 0.500. The Kier molecular flexibility index (Phi) is 3.77. The molecular weight excluding hydrogens is 138 g/mol. The molecular formula is C8H11N3. The maximum absolute atomic E-state index is 8.51. The van der Waals surface area contributed by atoms with E-state index in [2.05, 4.69) is 5.32 Å². The molecule has 0 aromatic carbocycles. The van der Waals surface area contributed by atoms with Crippen LogP contribution < -0.4 is 5.32 Å². The molecule has 0 atom stereocenters. The highest BCUT2D eigenvalue weighted by molar-refractivity contribution is 5.39. The summed E-state index contributed by atoms with van der Waals surface area (Å²) in [7, 11) is 1.71. The van der Waals surface area contributed by atoms with Gasteiger partial charge >= 0.3 is 0 Å². The van der Waals surface area contributed by atoms with Crippen molar-refractivity contribution in [3.63, 3.8) is 0 Å². The van der Waals surface area contributed by atoms with E-state index in [4.69, 9.17) is 10.5 Å². The molecule has 0 heterocycles. The molecule has 0 fully saturated rings. The van der Waals surface area contributed by atoms with Crippen molar-refractivity contribution in [1.29, 1.82) is 10.5 Å². The van der Waals surface area contributed by atoms with Crippen LogP contribution in [0, 0.1) is 28.6 Å². The molecule has 58 valence electrons. The van der Waals surface area contributed by atoms with Crippen molar-refractivity contribution in [2.75, 3.05) is 7.05 Å². The SMILES string of the molecule is CNC(=C(C#N)C#N)C(C)C. The topological polar surface area (TPSA) is 59.6 Å². The maximum atomic E-state index is 8.51. The third-order valence-corrected chi connectivity index (χ3v) is 1.34. The van der Waals surface area contributed by atoms with E-state index >= 15 is 0 Å². The lowest BCUT2D eigenvalue weighted by Crippen LogP contribution is -2.13. The Bertz CT molecular complexity index is 221. The maximum Gasteiger partial charge on any atom is 0.148 e. The van der Waals surface area contributed by atoms with Crippen LogP contribution in [0.4, 0.5) is 0 Å². The summed E-state index contributed by atoms with van der Waals surface area (Å²) in [6.45, 7) is 3.86. The zero-order valence-corrected chi connectivity index (χ0v) is 6.97. The van der Waals surface area contributed by atoms with E-state index in [0.717, 1.165) is 0 Å². The molecule has 0 bridgehead atoms. The van der Waals surface area contributed by atoms with Crippen LogP contribution in [0.2, 0.25) is 0 Å². The average molecular weight is 149 g/mol.